The molecule has 1 aliphatic carbocycles. The molecular formula is C17H30N2OS. The standard InChI is InChI=1S/C17H30N2OS/c1-6-20-16(13-7-8-13)17-19-14(9-11(2)3)15(21-17)10-18-12(4)5/h11-13,16,18H,6-10H2,1-5H3. The molecule has 1 saturated carbocycles. The van der Waals surface area contributed by atoms with Crippen LogP contribution in [0.15, 0.2) is 0 Å². The van der Waals surface area contributed by atoms with Gasteiger partial charge in [-0.25, -0.2) is 4.98 Å². The Hall–Kier alpha value is -0.450. The van der Waals surface area contributed by atoms with Gasteiger partial charge in [-0.15, -0.1) is 11.3 Å². The van der Waals surface area contributed by atoms with Gasteiger partial charge in [0, 0.05) is 24.1 Å². The summed E-state index contributed by atoms with van der Waals surface area (Å²) in [7, 11) is 0. The highest BCUT2D eigenvalue weighted by Gasteiger charge is 2.35. The molecule has 1 unspecified atom stereocenters. The summed E-state index contributed by atoms with van der Waals surface area (Å²) in [6.07, 6.45) is 3.89. The van der Waals surface area contributed by atoms with Crippen molar-refractivity contribution in [1.29, 1.82) is 0 Å². The summed E-state index contributed by atoms with van der Waals surface area (Å²) in [6.45, 7) is 12.7. The third kappa shape index (κ3) is 5.04. The van der Waals surface area contributed by atoms with Crippen LogP contribution in [0.1, 0.15) is 69.1 Å². The number of rotatable bonds is 9. The monoisotopic (exact) mass is 310 g/mol. The van der Waals surface area contributed by atoms with Crippen LogP contribution in [0.5, 0.6) is 0 Å². The molecule has 2 rings (SSSR count). The Morgan fingerprint density at radius 1 is 1.29 bits per heavy atom. The molecule has 0 spiro atoms. The molecule has 0 radical (unpaired) electrons. The third-order valence-corrected chi connectivity index (χ3v) is 4.87. The van der Waals surface area contributed by atoms with Gasteiger partial charge < -0.3 is 10.1 Å². The van der Waals surface area contributed by atoms with Gasteiger partial charge in [-0.05, 0) is 38.0 Å². The van der Waals surface area contributed by atoms with Crippen LogP contribution in [0.25, 0.3) is 0 Å². The molecule has 1 atom stereocenters. The van der Waals surface area contributed by atoms with E-state index in [9.17, 15) is 0 Å². The van der Waals surface area contributed by atoms with Gasteiger partial charge in [0.05, 0.1) is 5.69 Å². The Kier molecular flexibility index (Phi) is 6.20. The molecule has 4 heteroatoms. The van der Waals surface area contributed by atoms with Gasteiger partial charge in [-0.2, -0.15) is 0 Å². The van der Waals surface area contributed by atoms with E-state index in [0.717, 1.165) is 19.6 Å². The van der Waals surface area contributed by atoms with Crippen molar-refractivity contribution >= 4 is 11.3 Å². The minimum absolute atomic E-state index is 0.235. The second kappa shape index (κ2) is 7.70. The predicted octanol–water partition coefficient (Wildman–Crippen LogP) is 4.33. The van der Waals surface area contributed by atoms with Crippen LogP contribution in [0.2, 0.25) is 0 Å². The van der Waals surface area contributed by atoms with Gasteiger partial charge in [0.25, 0.3) is 0 Å². The van der Waals surface area contributed by atoms with E-state index in [-0.39, 0.29) is 6.10 Å². The van der Waals surface area contributed by atoms with Gasteiger partial charge >= 0.3 is 0 Å². The Balaban J connectivity index is 2.16. The van der Waals surface area contributed by atoms with Crippen LogP contribution in [0.4, 0.5) is 0 Å². The van der Waals surface area contributed by atoms with Crippen molar-refractivity contribution in [3.8, 4) is 0 Å². The first-order valence-corrected chi connectivity index (χ1v) is 9.16. The molecule has 3 nitrogen and oxygen atoms in total. The zero-order valence-corrected chi connectivity index (χ0v) is 14.9. The van der Waals surface area contributed by atoms with Crippen molar-refractivity contribution in [3.63, 3.8) is 0 Å². The van der Waals surface area contributed by atoms with Gasteiger partial charge in [0.15, 0.2) is 0 Å². The molecule has 1 fully saturated rings. The lowest BCUT2D eigenvalue weighted by Crippen LogP contribution is -2.22. The van der Waals surface area contributed by atoms with Crippen LogP contribution in [-0.2, 0) is 17.7 Å². The van der Waals surface area contributed by atoms with E-state index in [1.807, 2.05) is 11.3 Å². The molecular weight excluding hydrogens is 280 g/mol. The van der Waals surface area contributed by atoms with E-state index < -0.39 is 0 Å². The fourth-order valence-electron chi connectivity index (χ4n) is 2.49. The lowest BCUT2D eigenvalue weighted by molar-refractivity contribution is 0.0461. The highest BCUT2D eigenvalue weighted by Crippen LogP contribution is 2.44. The van der Waals surface area contributed by atoms with Gasteiger partial charge in [-0.1, -0.05) is 27.7 Å². The maximum absolute atomic E-state index is 5.98. The Labute approximate surface area is 133 Å². The molecule has 0 aromatic carbocycles. The van der Waals surface area contributed by atoms with Gasteiger partial charge in [0.2, 0.25) is 0 Å². The number of nitrogens with zero attached hydrogens (tertiary/aromatic N) is 1. The Morgan fingerprint density at radius 2 is 2.00 bits per heavy atom. The maximum atomic E-state index is 5.98. The number of hydrogen-bond acceptors (Lipinski definition) is 4. The molecule has 1 aliphatic rings. The second-order valence-corrected chi connectivity index (χ2v) is 7.88. The largest absolute Gasteiger partial charge is 0.371 e. The van der Waals surface area contributed by atoms with Gasteiger partial charge in [0.1, 0.15) is 11.1 Å². The summed E-state index contributed by atoms with van der Waals surface area (Å²) in [5.74, 6) is 1.35. The topological polar surface area (TPSA) is 34.1 Å². The van der Waals surface area contributed by atoms with E-state index in [1.54, 1.807) is 0 Å². The lowest BCUT2D eigenvalue weighted by atomic mass is 10.1. The second-order valence-electron chi connectivity index (χ2n) is 6.77. The summed E-state index contributed by atoms with van der Waals surface area (Å²) in [5.41, 5.74) is 1.28. The molecule has 0 aliphatic heterocycles. The molecule has 120 valence electrons. The SMILES string of the molecule is CCOC(c1nc(CC(C)C)c(CNC(C)C)s1)C1CC1. The summed E-state index contributed by atoms with van der Waals surface area (Å²) in [5, 5.41) is 4.74. The van der Waals surface area contributed by atoms with E-state index in [4.69, 9.17) is 9.72 Å². The fourth-order valence-corrected chi connectivity index (χ4v) is 3.68. The van der Waals surface area contributed by atoms with Crippen molar-refractivity contribution in [2.75, 3.05) is 6.61 Å². The van der Waals surface area contributed by atoms with E-state index in [1.165, 1.54) is 28.4 Å². The first kappa shape index (κ1) is 16.9. The van der Waals surface area contributed by atoms with Crippen LogP contribution in [0.3, 0.4) is 0 Å². The number of hydrogen-bond donors (Lipinski definition) is 1. The lowest BCUT2D eigenvalue weighted by Gasteiger charge is -2.13. The number of aromatic nitrogens is 1. The molecule has 1 aromatic heterocycles. The minimum Gasteiger partial charge on any atom is -0.371 e. The summed E-state index contributed by atoms with van der Waals surface area (Å²) in [6, 6.07) is 0.508. The normalized spacial score (nSPS) is 16.9. The quantitative estimate of drug-likeness (QED) is 0.737. The number of ether oxygens (including phenoxy) is 1. The van der Waals surface area contributed by atoms with Crippen LogP contribution in [0, 0.1) is 11.8 Å². The van der Waals surface area contributed by atoms with E-state index in [2.05, 4.69) is 39.9 Å². The Bertz CT molecular complexity index is 438. The van der Waals surface area contributed by atoms with Crippen molar-refractivity contribution in [3.05, 3.63) is 15.6 Å². The molecule has 0 bridgehead atoms. The number of thiazole rings is 1. The van der Waals surface area contributed by atoms with E-state index >= 15 is 0 Å². The number of nitrogens with one attached hydrogen (secondary N) is 1. The van der Waals surface area contributed by atoms with Crippen molar-refractivity contribution in [1.82, 2.24) is 10.3 Å². The zero-order valence-electron chi connectivity index (χ0n) is 14.1. The third-order valence-electron chi connectivity index (χ3n) is 3.71. The highest BCUT2D eigenvalue weighted by atomic mass is 32.1. The fraction of sp³-hybridized carbons (Fsp3) is 0.824. The van der Waals surface area contributed by atoms with Crippen LogP contribution >= 0.6 is 11.3 Å². The molecule has 0 amide bonds. The van der Waals surface area contributed by atoms with E-state index in [0.29, 0.717) is 17.9 Å². The average molecular weight is 311 g/mol. The smallest absolute Gasteiger partial charge is 0.122 e. The summed E-state index contributed by atoms with van der Waals surface area (Å²) >= 11 is 1.86. The Morgan fingerprint density at radius 3 is 2.52 bits per heavy atom. The first-order valence-electron chi connectivity index (χ1n) is 8.34. The zero-order chi connectivity index (χ0) is 15.4. The van der Waals surface area contributed by atoms with Crippen LogP contribution < -0.4 is 5.32 Å². The average Bonchev–Trinajstić information content (AvgIpc) is 3.16. The summed E-state index contributed by atoms with van der Waals surface area (Å²) < 4.78 is 5.98. The summed E-state index contributed by atoms with van der Waals surface area (Å²) in [4.78, 5) is 6.36. The van der Waals surface area contributed by atoms with Crippen molar-refractivity contribution < 1.29 is 4.74 Å². The molecule has 1 aromatic rings. The van der Waals surface area contributed by atoms with Crippen molar-refractivity contribution in [2.24, 2.45) is 11.8 Å². The van der Waals surface area contributed by atoms with Crippen molar-refractivity contribution in [2.45, 2.75) is 72.6 Å². The van der Waals surface area contributed by atoms with Crippen LogP contribution in [-0.4, -0.2) is 17.6 Å². The molecule has 1 heterocycles. The predicted molar refractivity (Wildman–Crippen MR) is 89.7 cm³/mol. The maximum Gasteiger partial charge on any atom is 0.122 e. The molecule has 1 N–H and O–H groups in total. The highest BCUT2D eigenvalue weighted by molar-refractivity contribution is 7.11. The molecule has 0 saturated heterocycles. The first-order chi connectivity index (χ1) is 10.0. The van der Waals surface area contributed by atoms with Gasteiger partial charge in [-0.3, -0.25) is 0 Å². The molecule has 21 heavy (non-hydrogen) atoms. The minimum atomic E-state index is 0.235.